The lowest BCUT2D eigenvalue weighted by atomic mass is 10.0. The van der Waals surface area contributed by atoms with Gasteiger partial charge in [-0.2, -0.15) is 0 Å². The minimum Gasteiger partial charge on any atom is -0.348 e. The number of hydrogen-bond acceptors (Lipinski definition) is 2. The summed E-state index contributed by atoms with van der Waals surface area (Å²) >= 11 is 0. The summed E-state index contributed by atoms with van der Waals surface area (Å²) in [6, 6.07) is 6.24. The number of rotatable bonds is 2. The van der Waals surface area contributed by atoms with E-state index in [2.05, 4.69) is 10.6 Å². The number of carbonyl (C=O) groups excluding carboxylic acids is 1. The lowest BCUT2D eigenvalue weighted by Crippen LogP contribution is -2.45. The van der Waals surface area contributed by atoms with Gasteiger partial charge in [-0.25, -0.2) is 0 Å². The zero-order valence-corrected chi connectivity index (χ0v) is 11.8. The van der Waals surface area contributed by atoms with Gasteiger partial charge in [-0.1, -0.05) is 18.2 Å². The SMILES string of the molecule is Cc1cccc(C)c1C(=O)NC1CCCNC1.Cl. The number of carbonyl (C=O) groups is 1. The maximum atomic E-state index is 12.2. The van der Waals surface area contributed by atoms with Crippen molar-refractivity contribution in [2.75, 3.05) is 13.1 Å². The number of amides is 1. The first-order chi connectivity index (χ1) is 8.18. The topological polar surface area (TPSA) is 41.1 Å². The molecule has 0 radical (unpaired) electrons. The van der Waals surface area contributed by atoms with Gasteiger partial charge in [0.1, 0.15) is 0 Å². The highest BCUT2D eigenvalue weighted by molar-refractivity contribution is 5.97. The molecule has 1 amide bonds. The van der Waals surface area contributed by atoms with Crippen molar-refractivity contribution in [3.8, 4) is 0 Å². The molecule has 1 aromatic carbocycles. The second kappa shape index (κ2) is 6.76. The molecule has 2 N–H and O–H groups in total. The predicted molar refractivity (Wildman–Crippen MR) is 76.5 cm³/mol. The van der Waals surface area contributed by atoms with E-state index in [9.17, 15) is 4.79 Å². The van der Waals surface area contributed by atoms with Crippen LogP contribution in [0, 0.1) is 13.8 Å². The molecular formula is C14H21ClN2O. The van der Waals surface area contributed by atoms with Crippen molar-refractivity contribution in [1.29, 1.82) is 0 Å². The standard InChI is InChI=1S/C14H20N2O.ClH/c1-10-5-3-6-11(2)13(10)14(17)16-12-7-4-8-15-9-12;/h3,5-6,12,15H,4,7-9H2,1-2H3,(H,16,17);1H. The first kappa shape index (κ1) is 15.0. The minimum atomic E-state index is 0. The maximum Gasteiger partial charge on any atom is 0.252 e. The van der Waals surface area contributed by atoms with E-state index in [1.165, 1.54) is 0 Å². The number of halogens is 1. The van der Waals surface area contributed by atoms with E-state index in [1.54, 1.807) is 0 Å². The molecule has 3 nitrogen and oxygen atoms in total. The van der Waals surface area contributed by atoms with E-state index < -0.39 is 0 Å². The van der Waals surface area contributed by atoms with Crippen LogP contribution in [0.5, 0.6) is 0 Å². The molecule has 0 aliphatic carbocycles. The number of aryl methyl sites for hydroxylation is 2. The fraction of sp³-hybridized carbons (Fsp3) is 0.500. The third kappa shape index (κ3) is 3.47. The summed E-state index contributed by atoms with van der Waals surface area (Å²) in [5, 5.41) is 6.42. The van der Waals surface area contributed by atoms with Gasteiger partial charge in [0.2, 0.25) is 0 Å². The van der Waals surface area contributed by atoms with Crippen LogP contribution in [0.15, 0.2) is 18.2 Å². The van der Waals surface area contributed by atoms with Crippen LogP contribution in [0.4, 0.5) is 0 Å². The van der Waals surface area contributed by atoms with Gasteiger partial charge >= 0.3 is 0 Å². The van der Waals surface area contributed by atoms with Crippen molar-refractivity contribution < 1.29 is 4.79 Å². The molecule has 2 rings (SSSR count). The van der Waals surface area contributed by atoms with Crippen LogP contribution in [-0.4, -0.2) is 25.0 Å². The summed E-state index contributed by atoms with van der Waals surface area (Å²) in [5.41, 5.74) is 2.93. The van der Waals surface area contributed by atoms with Crippen molar-refractivity contribution in [1.82, 2.24) is 10.6 Å². The number of piperidine rings is 1. The Morgan fingerprint density at radius 3 is 2.56 bits per heavy atom. The first-order valence-corrected chi connectivity index (χ1v) is 6.26. The fourth-order valence-corrected chi connectivity index (χ4v) is 2.41. The lowest BCUT2D eigenvalue weighted by molar-refractivity contribution is 0.0929. The molecule has 1 atom stereocenters. The molecule has 1 aliphatic rings. The monoisotopic (exact) mass is 268 g/mol. The van der Waals surface area contributed by atoms with E-state index in [0.717, 1.165) is 42.6 Å². The molecule has 1 heterocycles. The van der Waals surface area contributed by atoms with E-state index in [1.807, 2.05) is 32.0 Å². The van der Waals surface area contributed by atoms with Crippen molar-refractivity contribution in [2.45, 2.75) is 32.7 Å². The number of hydrogen-bond donors (Lipinski definition) is 2. The second-order valence-electron chi connectivity index (χ2n) is 4.78. The molecule has 1 unspecified atom stereocenters. The highest BCUT2D eigenvalue weighted by Gasteiger charge is 2.18. The summed E-state index contributed by atoms with van der Waals surface area (Å²) in [7, 11) is 0. The van der Waals surface area contributed by atoms with Gasteiger partial charge in [0.05, 0.1) is 0 Å². The molecule has 1 fully saturated rings. The third-order valence-electron chi connectivity index (χ3n) is 3.34. The van der Waals surface area contributed by atoms with Crippen LogP contribution in [0.2, 0.25) is 0 Å². The Kier molecular flexibility index (Phi) is 5.63. The molecule has 100 valence electrons. The van der Waals surface area contributed by atoms with E-state index in [-0.39, 0.29) is 24.4 Å². The fourth-order valence-electron chi connectivity index (χ4n) is 2.41. The Bertz CT molecular complexity index is 394. The second-order valence-corrected chi connectivity index (χ2v) is 4.78. The highest BCUT2D eigenvalue weighted by atomic mass is 35.5. The van der Waals surface area contributed by atoms with E-state index in [4.69, 9.17) is 0 Å². The third-order valence-corrected chi connectivity index (χ3v) is 3.34. The predicted octanol–water partition coefficient (Wildman–Crippen LogP) is 2.21. The Balaban J connectivity index is 0.00000162. The average Bonchev–Trinajstić information content (AvgIpc) is 2.30. The van der Waals surface area contributed by atoms with Gasteiger partial charge in [0, 0.05) is 18.2 Å². The minimum absolute atomic E-state index is 0. The van der Waals surface area contributed by atoms with Crippen molar-refractivity contribution in [3.05, 3.63) is 34.9 Å². The van der Waals surface area contributed by atoms with Crippen LogP contribution in [-0.2, 0) is 0 Å². The van der Waals surface area contributed by atoms with E-state index in [0.29, 0.717) is 0 Å². The van der Waals surface area contributed by atoms with Gasteiger partial charge < -0.3 is 10.6 Å². The summed E-state index contributed by atoms with van der Waals surface area (Å²) in [4.78, 5) is 12.2. The van der Waals surface area contributed by atoms with Gasteiger partial charge in [-0.15, -0.1) is 12.4 Å². The molecule has 0 spiro atoms. The molecule has 1 aliphatic heterocycles. The normalized spacial score (nSPS) is 18.9. The Labute approximate surface area is 115 Å². The van der Waals surface area contributed by atoms with Gasteiger partial charge in [-0.3, -0.25) is 4.79 Å². The Hall–Kier alpha value is -1.06. The number of nitrogens with one attached hydrogen (secondary N) is 2. The first-order valence-electron chi connectivity index (χ1n) is 6.26. The van der Waals surface area contributed by atoms with Gasteiger partial charge in [0.15, 0.2) is 0 Å². The molecular weight excluding hydrogens is 248 g/mol. The summed E-state index contributed by atoms with van der Waals surface area (Å²) in [6.45, 7) is 5.93. The zero-order valence-electron chi connectivity index (χ0n) is 11.0. The zero-order chi connectivity index (χ0) is 12.3. The summed E-state index contributed by atoms with van der Waals surface area (Å²) in [6.07, 6.45) is 2.21. The molecule has 0 bridgehead atoms. The van der Waals surface area contributed by atoms with Crippen LogP contribution >= 0.6 is 12.4 Å². The van der Waals surface area contributed by atoms with Gasteiger partial charge in [0.25, 0.3) is 5.91 Å². The summed E-state index contributed by atoms with van der Waals surface area (Å²) < 4.78 is 0. The van der Waals surface area contributed by atoms with Crippen molar-refractivity contribution in [3.63, 3.8) is 0 Å². The molecule has 18 heavy (non-hydrogen) atoms. The smallest absolute Gasteiger partial charge is 0.252 e. The largest absolute Gasteiger partial charge is 0.348 e. The Morgan fingerprint density at radius 2 is 2.00 bits per heavy atom. The molecule has 4 heteroatoms. The van der Waals surface area contributed by atoms with Crippen molar-refractivity contribution >= 4 is 18.3 Å². The lowest BCUT2D eigenvalue weighted by Gasteiger charge is -2.24. The van der Waals surface area contributed by atoms with Gasteiger partial charge in [-0.05, 0) is 44.4 Å². The van der Waals surface area contributed by atoms with Crippen molar-refractivity contribution in [2.24, 2.45) is 0 Å². The van der Waals surface area contributed by atoms with E-state index >= 15 is 0 Å². The van der Waals surface area contributed by atoms with Crippen LogP contribution in [0.25, 0.3) is 0 Å². The maximum absolute atomic E-state index is 12.2. The average molecular weight is 269 g/mol. The molecule has 1 saturated heterocycles. The molecule has 0 aromatic heterocycles. The number of benzene rings is 1. The Morgan fingerprint density at radius 1 is 1.33 bits per heavy atom. The molecule has 1 aromatic rings. The molecule has 0 saturated carbocycles. The quantitative estimate of drug-likeness (QED) is 0.864. The summed E-state index contributed by atoms with van der Waals surface area (Å²) in [5.74, 6) is 0.0642. The van der Waals surface area contributed by atoms with Crippen LogP contribution < -0.4 is 10.6 Å². The van der Waals surface area contributed by atoms with Crippen LogP contribution in [0.3, 0.4) is 0 Å². The van der Waals surface area contributed by atoms with Crippen LogP contribution in [0.1, 0.15) is 34.3 Å². The highest BCUT2D eigenvalue weighted by Crippen LogP contribution is 2.14.